The van der Waals surface area contributed by atoms with E-state index < -0.39 is 23.6 Å². The first-order valence-corrected chi connectivity index (χ1v) is 11.1. The summed E-state index contributed by atoms with van der Waals surface area (Å²) in [6.45, 7) is 4.23. The molecule has 0 saturated carbocycles. The molecule has 0 saturated heterocycles. The van der Waals surface area contributed by atoms with Crippen LogP contribution in [0.4, 0.5) is 0 Å². The van der Waals surface area contributed by atoms with E-state index in [1.165, 1.54) is 0 Å². The maximum Gasteiger partial charge on any atom is 0.306 e. The number of rotatable bonds is 7. The van der Waals surface area contributed by atoms with Gasteiger partial charge in [-0.25, -0.2) is 0 Å². The molecule has 0 fully saturated rings. The fourth-order valence-corrected chi connectivity index (χ4v) is 4.35. The predicted octanol–water partition coefficient (Wildman–Crippen LogP) is 3.81. The number of methoxy groups -OCH3 is 2. The third-order valence-electron chi connectivity index (χ3n) is 5.98. The van der Waals surface area contributed by atoms with E-state index in [0.29, 0.717) is 45.8 Å². The molecule has 3 N–H and O–H groups in total. The molecule has 180 valence electrons. The Labute approximate surface area is 202 Å². The van der Waals surface area contributed by atoms with Gasteiger partial charge in [-0.3, -0.25) is 9.36 Å². The number of ether oxygens (including phenoxy) is 3. The molecular weight excluding hydrogens is 460 g/mol. The fourth-order valence-electron chi connectivity index (χ4n) is 4.17. The van der Waals surface area contributed by atoms with Crippen molar-refractivity contribution in [2.24, 2.45) is 5.73 Å². The topological polar surface area (TPSA) is 122 Å². The van der Waals surface area contributed by atoms with Gasteiger partial charge in [0.1, 0.15) is 18.0 Å². The number of nitrogens with zero attached hydrogens (tertiary/aromatic N) is 3. The van der Waals surface area contributed by atoms with Crippen LogP contribution in [-0.2, 0) is 14.9 Å². The van der Waals surface area contributed by atoms with Crippen molar-refractivity contribution in [2.45, 2.75) is 37.9 Å². The molecule has 0 radical (unpaired) electrons. The molecule has 1 aliphatic heterocycles. The molecule has 2 atom stereocenters. The first-order valence-electron chi connectivity index (χ1n) is 10.8. The zero-order chi connectivity index (χ0) is 24.6. The number of nitrogens with two attached hydrogens (primary N) is 1. The SMILES string of the molecule is COc1cccc(C2OC(CC(=O)O)c3nnc(C(C)(C)CN)n3-c3ccc(Cl)cc32)c1OC. The Morgan fingerprint density at radius 1 is 1.21 bits per heavy atom. The predicted molar refractivity (Wildman–Crippen MR) is 126 cm³/mol. The summed E-state index contributed by atoms with van der Waals surface area (Å²) in [6, 6.07) is 10.9. The average molecular weight is 487 g/mol. The summed E-state index contributed by atoms with van der Waals surface area (Å²) in [4.78, 5) is 11.8. The number of para-hydroxylation sites is 1. The van der Waals surface area contributed by atoms with E-state index in [2.05, 4.69) is 10.2 Å². The van der Waals surface area contributed by atoms with Gasteiger partial charge in [0.05, 0.1) is 26.3 Å². The van der Waals surface area contributed by atoms with Crippen molar-refractivity contribution in [1.29, 1.82) is 0 Å². The standard InChI is InChI=1S/C24H27ClN4O5/c1-24(2,12-26)23-28-27-22-18(11-19(30)31)34-20(14-6-5-7-17(32-3)21(14)33-4)15-10-13(25)8-9-16(15)29(22)23/h5-10,18,20H,11-12,26H2,1-4H3,(H,30,31). The molecule has 0 bridgehead atoms. The number of fused-ring (bicyclic) bond motifs is 3. The van der Waals surface area contributed by atoms with Gasteiger partial charge in [0.2, 0.25) is 0 Å². The number of carboxylic acid groups (broad SMARTS) is 1. The van der Waals surface area contributed by atoms with Crippen LogP contribution < -0.4 is 15.2 Å². The number of halogens is 1. The van der Waals surface area contributed by atoms with Crippen molar-refractivity contribution in [1.82, 2.24) is 14.8 Å². The lowest BCUT2D eigenvalue weighted by molar-refractivity contribution is -0.141. The van der Waals surface area contributed by atoms with Gasteiger partial charge in [0.25, 0.3) is 0 Å². The van der Waals surface area contributed by atoms with Crippen LogP contribution >= 0.6 is 11.6 Å². The number of carbonyl (C=O) groups is 1. The Bertz CT molecular complexity index is 1230. The molecule has 4 rings (SSSR count). The van der Waals surface area contributed by atoms with Crippen molar-refractivity contribution in [2.75, 3.05) is 20.8 Å². The van der Waals surface area contributed by atoms with E-state index in [1.54, 1.807) is 32.4 Å². The summed E-state index contributed by atoms with van der Waals surface area (Å²) in [6.07, 6.45) is -1.94. The van der Waals surface area contributed by atoms with Gasteiger partial charge >= 0.3 is 5.97 Å². The highest BCUT2D eigenvalue weighted by Crippen LogP contribution is 2.46. The summed E-state index contributed by atoms with van der Waals surface area (Å²) in [5.74, 6) is 0.961. The molecular formula is C24H27ClN4O5. The van der Waals surface area contributed by atoms with Crippen LogP contribution in [0.15, 0.2) is 36.4 Å². The van der Waals surface area contributed by atoms with Crippen molar-refractivity contribution in [3.05, 3.63) is 64.2 Å². The Hall–Kier alpha value is -3.14. The number of hydrogen-bond acceptors (Lipinski definition) is 7. The van der Waals surface area contributed by atoms with Gasteiger partial charge in [-0.2, -0.15) is 0 Å². The number of hydrogen-bond donors (Lipinski definition) is 2. The molecule has 9 nitrogen and oxygen atoms in total. The second-order valence-electron chi connectivity index (χ2n) is 8.69. The zero-order valence-electron chi connectivity index (χ0n) is 19.4. The summed E-state index contributed by atoms with van der Waals surface area (Å²) in [5, 5.41) is 18.9. The summed E-state index contributed by atoms with van der Waals surface area (Å²) in [7, 11) is 3.10. The van der Waals surface area contributed by atoms with Gasteiger partial charge in [0, 0.05) is 28.1 Å². The molecule has 1 aromatic heterocycles. The molecule has 1 aliphatic rings. The first-order chi connectivity index (χ1) is 16.2. The zero-order valence-corrected chi connectivity index (χ0v) is 20.2. The molecule has 34 heavy (non-hydrogen) atoms. The van der Waals surface area contributed by atoms with Crippen LogP contribution in [0.1, 0.15) is 55.3 Å². The molecule has 0 aliphatic carbocycles. The Morgan fingerprint density at radius 2 is 1.97 bits per heavy atom. The van der Waals surface area contributed by atoms with Crippen molar-refractivity contribution in [3.63, 3.8) is 0 Å². The van der Waals surface area contributed by atoms with E-state index in [0.717, 1.165) is 5.69 Å². The van der Waals surface area contributed by atoms with Crippen molar-refractivity contribution < 1.29 is 24.1 Å². The third kappa shape index (κ3) is 4.11. The second-order valence-corrected chi connectivity index (χ2v) is 9.13. The van der Waals surface area contributed by atoms with Crippen LogP contribution in [0, 0.1) is 0 Å². The monoisotopic (exact) mass is 486 g/mol. The van der Waals surface area contributed by atoms with Gasteiger partial charge in [-0.1, -0.05) is 37.6 Å². The first kappa shape index (κ1) is 24.0. The molecule has 2 unspecified atom stereocenters. The Kier molecular flexibility index (Phi) is 6.53. The van der Waals surface area contributed by atoms with Crippen LogP contribution in [-0.4, -0.2) is 46.6 Å². The van der Waals surface area contributed by atoms with E-state index >= 15 is 0 Å². The lowest BCUT2D eigenvalue weighted by Gasteiger charge is -2.25. The molecule has 0 amide bonds. The van der Waals surface area contributed by atoms with E-state index in [1.807, 2.05) is 36.6 Å². The molecule has 2 aromatic carbocycles. The number of aliphatic carboxylic acids is 1. The van der Waals surface area contributed by atoms with Gasteiger partial charge in [0.15, 0.2) is 17.3 Å². The summed E-state index contributed by atoms with van der Waals surface area (Å²) < 4.78 is 19.5. The van der Waals surface area contributed by atoms with Gasteiger partial charge in [-0.15, -0.1) is 10.2 Å². The highest BCUT2D eigenvalue weighted by Gasteiger charge is 2.39. The highest BCUT2D eigenvalue weighted by molar-refractivity contribution is 6.30. The number of carboxylic acids is 1. The minimum absolute atomic E-state index is 0.311. The minimum atomic E-state index is -1.03. The minimum Gasteiger partial charge on any atom is -0.493 e. The molecule has 2 heterocycles. The third-order valence-corrected chi connectivity index (χ3v) is 6.22. The highest BCUT2D eigenvalue weighted by atomic mass is 35.5. The molecule has 0 spiro atoms. The quantitative estimate of drug-likeness (QED) is 0.517. The second kappa shape index (κ2) is 9.25. The van der Waals surface area contributed by atoms with E-state index in [9.17, 15) is 9.90 Å². The lowest BCUT2D eigenvalue weighted by atomic mass is 9.92. The van der Waals surface area contributed by atoms with Crippen molar-refractivity contribution >= 4 is 17.6 Å². The lowest BCUT2D eigenvalue weighted by Crippen LogP contribution is -2.32. The Balaban J connectivity index is 2.04. The van der Waals surface area contributed by atoms with E-state index in [-0.39, 0.29) is 6.42 Å². The smallest absolute Gasteiger partial charge is 0.306 e. The van der Waals surface area contributed by atoms with Crippen LogP contribution in [0.3, 0.4) is 0 Å². The maximum absolute atomic E-state index is 11.8. The summed E-state index contributed by atoms with van der Waals surface area (Å²) in [5.41, 5.74) is 7.62. The van der Waals surface area contributed by atoms with Crippen LogP contribution in [0.25, 0.3) is 5.69 Å². The average Bonchev–Trinajstić information content (AvgIpc) is 3.22. The molecule has 10 heteroatoms. The summed E-state index contributed by atoms with van der Waals surface area (Å²) >= 11 is 6.43. The van der Waals surface area contributed by atoms with Gasteiger partial charge in [-0.05, 0) is 24.3 Å². The Morgan fingerprint density at radius 3 is 2.62 bits per heavy atom. The van der Waals surface area contributed by atoms with Crippen molar-refractivity contribution in [3.8, 4) is 17.2 Å². The normalized spacial score (nSPS) is 17.5. The number of aromatic nitrogens is 3. The number of benzene rings is 2. The van der Waals surface area contributed by atoms with E-state index in [4.69, 9.17) is 31.5 Å². The largest absolute Gasteiger partial charge is 0.493 e. The van der Waals surface area contributed by atoms with Crippen LogP contribution in [0.5, 0.6) is 11.5 Å². The molecule has 3 aromatic rings. The van der Waals surface area contributed by atoms with Gasteiger partial charge < -0.3 is 25.1 Å². The van der Waals surface area contributed by atoms with Crippen LogP contribution in [0.2, 0.25) is 5.02 Å². The fraction of sp³-hybridized carbons (Fsp3) is 0.375. The maximum atomic E-state index is 11.8.